The van der Waals surface area contributed by atoms with Crippen molar-refractivity contribution >= 4 is 23.2 Å². The molecule has 2 amide bonds. The van der Waals surface area contributed by atoms with Crippen LogP contribution in [0.5, 0.6) is 0 Å². The molecule has 1 saturated carbocycles. The van der Waals surface area contributed by atoms with E-state index in [0.29, 0.717) is 30.5 Å². The molecule has 0 bridgehead atoms. The second kappa shape index (κ2) is 10.6. The van der Waals surface area contributed by atoms with Crippen molar-refractivity contribution in [2.75, 3.05) is 9.80 Å². The highest BCUT2D eigenvalue weighted by molar-refractivity contribution is 6.03. The van der Waals surface area contributed by atoms with Crippen molar-refractivity contribution in [3.8, 4) is 0 Å². The maximum Gasteiger partial charge on any atom is 0.254 e. The number of carbonyl (C=O) groups excluding carboxylic acids is 2. The lowest BCUT2D eigenvalue weighted by atomic mass is 9.79. The number of nitrogens with zero attached hydrogens (tertiary/aromatic N) is 3. The average Bonchev–Trinajstić information content (AvgIpc) is 3.29. The maximum atomic E-state index is 14.7. The number of benzene rings is 3. The number of anilines is 2. The Balaban J connectivity index is 1.31. The summed E-state index contributed by atoms with van der Waals surface area (Å²) >= 11 is 0. The Morgan fingerprint density at radius 1 is 0.953 bits per heavy atom. The van der Waals surface area contributed by atoms with Gasteiger partial charge >= 0.3 is 0 Å². The van der Waals surface area contributed by atoms with E-state index in [2.05, 4.69) is 0 Å². The maximum absolute atomic E-state index is 14.7. The highest BCUT2D eigenvalue weighted by atomic mass is 19.3. The molecule has 1 saturated heterocycles. The van der Waals surface area contributed by atoms with E-state index in [1.807, 2.05) is 59.5 Å². The fourth-order valence-electron chi connectivity index (χ4n) is 7.22. The Morgan fingerprint density at radius 2 is 1.67 bits per heavy atom. The van der Waals surface area contributed by atoms with E-state index in [0.717, 1.165) is 11.3 Å². The Labute approximate surface area is 248 Å². The summed E-state index contributed by atoms with van der Waals surface area (Å²) in [5.74, 6) is -4.44. The predicted octanol–water partition coefficient (Wildman–Crippen LogP) is 6.29. The van der Waals surface area contributed by atoms with E-state index in [9.17, 15) is 27.9 Å². The number of aliphatic hydroxyl groups excluding tert-OH is 1. The number of fused-ring (bicyclic) bond motifs is 3. The van der Waals surface area contributed by atoms with Crippen molar-refractivity contribution in [1.82, 2.24) is 4.90 Å². The van der Waals surface area contributed by atoms with Gasteiger partial charge in [0.25, 0.3) is 11.8 Å². The molecule has 2 fully saturated rings. The summed E-state index contributed by atoms with van der Waals surface area (Å²) in [6.07, 6.45) is 1.89. The molecule has 0 radical (unpaired) electrons. The van der Waals surface area contributed by atoms with Crippen LogP contribution in [0.2, 0.25) is 0 Å². The van der Waals surface area contributed by atoms with Gasteiger partial charge in [-0.25, -0.2) is 13.2 Å². The van der Waals surface area contributed by atoms with Gasteiger partial charge in [0.15, 0.2) is 0 Å². The molecule has 9 heteroatoms. The summed E-state index contributed by atoms with van der Waals surface area (Å²) in [5.41, 5.74) is 3.16. The van der Waals surface area contributed by atoms with Gasteiger partial charge in [-0.1, -0.05) is 54.6 Å². The van der Waals surface area contributed by atoms with Crippen LogP contribution in [0.4, 0.5) is 24.5 Å². The molecule has 2 aliphatic carbocycles. The molecule has 2 heterocycles. The molecular formula is C34H32F3N3O3. The standard InChI is InChI=1S/C34H32F3N3O3/c35-21-7-6-10-23(17-21)40(31(42)18-24-13-16-30(41)38(24)22-8-2-1-3-9-22)32-28-12-5-4-11-26(28)27-14-15-29(27)39(33(32)43)25-19-34(36,37)20-25/h1-12,15,17,24-25,27,30,32,41H,13-14,16,18-20H2. The van der Waals surface area contributed by atoms with Crippen molar-refractivity contribution in [3.05, 3.63) is 108 Å². The first kappa shape index (κ1) is 27.7. The van der Waals surface area contributed by atoms with Crippen molar-refractivity contribution in [3.63, 3.8) is 0 Å². The van der Waals surface area contributed by atoms with Crippen LogP contribution in [-0.4, -0.2) is 46.1 Å². The topological polar surface area (TPSA) is 64.1 Å². The third-order valence-electron chi connectivity index (χ3n) is 9.32. The van der Waals surface area contributed by atoms with Gasteiger partial charge in [-0.3, -0.25) is 14.5 Å². The van der Waals surface area contributed by atoms with Crippen LogP contribution in [0.15, 0.2) is 90.6 Å². The molecule has 4 aliphatic rings. The van der Waals surface area contributed by atoms with Crippen molar-refractivity contribution in [2.45, 2.75) is 74.7 Å². The molecule has 4 unspecified atom stereocenters. The Morgan fingerprint density at radius 3 is 2.35 bits per heavy atom. The van der Waals surface area contributed by atoms with Gasteiger partial charge in [0.1, 0.15) is 18.1 Å². The molecule has 2 aliphatic heterocycles. The quantitative estimate of drug-likeness (QED) is 0.368. The fraction of sp³-hybridized carbons (Fsp3) is 0.353. The van der Waals surface area contributed by atoms with Crippen molar-refractivity contribution in [2.24, 2.45) is 0 Å². The molecule has 1 N–H and O–H groups in total. The first-order valence-electron chi connectivity index (χ1n) is 14.8. The molecule has 0 aromatic heterocycles. The van der Waals surface area contributed by atoms with Gasteiger partial charge < -0.3 is 14.9 Å². The van der Waals surface area contributed by atoms with Crippen molar-refractivity contribution in [1.29, 1.82) is 0 Å². The fourth-order valence-corrected chi connectivity index (χ4v) is 7.22. The second-order valence-electron chi connectivity index (χ2n) is 12.0. The largest absolute Gasteiger partial charge is 0.374 e. The van der Waals surface area contributed by atoms with E-state index in [4.69, 9.17) is 0 Å². The first-order valence-corrected chi connectivity index (χ1v) is 14.8. The number of aliphatic hydroxyl groups is 1. The zero-order chi connectivity index (χ0) is 29.9. The van der Waals surface area contributed by atoms with E-state index < -0.39 is 54.7 Å². The highest BCUT2D eigenvalue weighted by Crippen LogP contribution is 2.52. The number of amides is 2. The number of rotatable bonds is 6. The van der Waals surface area contributed by atoms with Crippen LogP contribution in [0.1, 0.15) is 61.6 Å². The zero-order valence-electron chi connectivity index (χ0n) is 23.5. The molecule has 6 nitrogen and oxygen atoms in total. The Bertz CT molecular complexity index is 1590. The smallest absolute Gasteiger partial charge is 0.254 e. The van der Waals surface area contributed by atoms with Gasteiger partial charge in [0.2, 0.25) is 5.91 Å². The summed E-state index contributed by atoms with van der Waals surface area (Å²) in [6, 6.07) is 20.1. The third-order valence-corrected chi connectivity index (χ3v) is 9.32. The van der Waals surface area contributed by atoms with E-state index >= 15 is 0 Å². The van der Waals surface area contributed by atoms with Crippen LogP contribution < -0.4 is 9.80 Å². The van der Waals surface area contributed by atoms with E-state index in [-0.39, 0.29) is 24.1 Å². The minimum absolute atomic E-state index is 0.0396. The normalized spacial score (nSPS) is 26.0. The van der Waals surface area contributed by atoms with Gasteiger partial charge in [0.05, 0.1) is 0 Å². The molecule has 3 aromatic carbocycles. The lowest BCUT2D eigenvalue weighted by Gasteiger charge is -2.47. The predicted molar refractivity (Wildman–Crippen MR) is 156 cm³/mol. The van der Waals surface area contributed by atoms with Gasteiger partial charge in [-0.15, -0.1) is 0 Å². The second-order valence-corrected chi connectivity index (χ2v) is 12.0. The molecule has 222 valence electrons. The Hall–Kier alpha value is -4.11. The number of hydrogen-bond donors (Lipinski definition) is 1. The number of alkyl halides is 2. The van der Waals surface area contributed by atoms with E-state index in [1.54, 1.807) is 12.1 Å². The summed E-state index contributed by atoms with van der Waals surface area (Å²) in [5, 5.41) is 10.8. The highest BCUT2D eigenvalue weighted by Gasteiger charge is 2.54. The molecule has 4 atom stereocenters. The third kappa shape index (κ3) is 4.79. The number of carbonyl (C=O) groups is 2. The first-order chi connectivity index (χ1) is 20.7. The van der Waals surface area contributed by atoms with Crippen LogP contribution in [-0.2, 0) is 9.59 Å². The lowest BCUT2D eigenvalue weighted by Crippen LogP contribution is -2.56. The van der Waals surface area contributed by atoms with Crippen molar-refractivity contribution < 1.29 is 27.9 Å². The molecule has 7 rings (SSSR count). The molecular weight excluding hydrogens is 555 g/mol. The molecule has 3 aromatic rings. The van der Waals surface area contributed by atoms with Crippen LogP contribution >= 0.6 is 0 Å². The minimum Gasteiger partial charge on any atom is -0.374 e. The molecule has 0 spiro atoms. The number of hydrogen-bond acceptors (Lipinski definition) is 4. The van der Waals surface area contributed by atoms with Crippen LogP contribution in [0.25, 0.3) is 0 Å². The summed E-state index contributed by atoms with van der Waals surface area (Å²) < 4.78 is 42.9. The average molecular weight is 588 g/mol. The number of halogens is 3. The SMILES string of the molecule is O=C1C(N(C(=O)CC2CCC(O)N2c2ccccc2)c2cccc(F)c2)c2ccccc2C2CC=C2N1C1CC(F)(F)C1. The molecule has 43 heavy (non-hydrogen) atoms. The number of para-hydroxylation sites is 1. The summed E-state index contributed by atoms with van der Waals surface area (Å²) in [6.45, 7) is 0. The Kier molecular flexibility index (Phi) is 6.80. The minimum atomic E-state index is -2.85. The van der Waals surface area contributed by atoms with E-state index in [1.165, 1.54) is 28.0 Å². The zero-order valence-corrected chi connectivity index (χ0v) is 23.5. The van der Waals surface area contributed by atoms with Crippen LogP contribution in [0, 0.1) is 5.82 Å². The number of allylic oxidation sites excluding steroid dienone is 2. The van der Waals surface area contributed by atoms with Gasteiger partial charge in [-0.2, -0.15) is 0 Å². The summed E-state index contributed by atoms with van der Waals surface area (Å²) in [4.78, 5) is 33.8. The lowest BCUT2D eigenvalue weighted by molar-refractivity contribution is -0.151. The van der Waals surface area contributed by atoms with Gasteiger partial charge in [0, 0.05) is 54.3 Å². The van der Waals surface area contributed by atoms with Crippen LogP contribution in [0.3, 0.4) is 0 Å². The summed E-state index contributed by atoms with van der Waals surface area (Å²) in [7, 11) is 0. The monoisotopic (exact) mass is 587 g/mol. The van der Waals surface area contributed by atoms with Gasteiger partial charge in [-0.05, 0) is 60.7 Å².